The normalized spacial score (nSPS) is 11.3. The predicted octanol–water partition coefficient (Wildman–Crippen LogP) is 4.34. The number of nitrogens with zero attached hydrogens (tertiary/aromatic N) is 2. The Hall–Kier alpha value is -2.69. The molecule has 0 aliphatic heterocycles. The van der Waals surface area contributed by atoms with Crippen LogP contribution in [0.1, 0.15) is 48.5 Å². The molecule has 1 aromatic carbocycles. The van der Waals surface area contributed by atoms with E-state index < -0.39 is 0 Å². The molecule has 0 saturated heterocycles. The number of allylic oxidation sites excluding steroid dienone is 1. The van der Waals surface area contributed by atoms with Crippen molar-refractivity contribution in [3.63, 3.8) is 0 Å². The first-order valence-electron chi connectivity index (χ1n) is 8.78. The third-order valence-electron chi connectivity index (χ3n) is 4.13. The van der Waals surface area contributed by atoms with Crippen LogP contribution in [-0.4, -0.2) is 22.5 Å². The van der Waals surface area contributed by atoms with Gasteiger partial charge < -0.3 is 9.47 Å². The average Bonchev–Trinajstić information content (AvgIpc) is 2.59. The summed E-state index contributed by atoms with van der Waals surface area (Å²) in [5, 5.41) is 0. The number of hydrogen-bond acceptors (Lipinski definition) is 5. The fraction of sp³-hybridized carbons (Fsp3) is 0.381. The van der Waals surface area contributed by atoms with Gasteiger partial charge in [-0.05, 0) is 63.5 Å². The maximum Gasteiger partial charge on any atom is 0.310 e. The molecule has 0 fully saturated rings. The maximum absolute atomic E-state index is 11.8. The summed E-state index contributed by atoms with van der Waals surface area (Å²) in [5.74, 6) is 1.32. The quantitative estimate of drug-likeness (QED) is 0.692. The van der Waals surface area contributed by atoms with Crippen molar-refractivity contribution in [3.8, 4) is 5.75 Å². The van der Waals surface area contributed by atoms with Crippen LogP contribution in [-0.2, 0) is 16.1 Å². The second kappa shape index (κ2) is 9.13. The van der Waals surface area contributed by atoms with Gasteiger partial charge in [0.1, 0.15) is 18.2 Å². The molecule has 26 heavy (non-hydrogen) atoms. The van der Waals surface area contributed by atoms with Crippen molar-refractivity contribution < 1.29 is 14.3 Å². The molecule has 0 spiro atoms. The highest BCUT2D eigenvalue weighted by atomic mass is 16.5. The van der Waals surface area contributed by atoms with E-state index in [0.29, 0.717) is 13.2 Å². The summed E-state index contributed by atoms with van der Waals surface area (Å²) >= 11 is 0. The van der Waals surface area contributed by atoms with E-state index in [2.05, 4.69) is 9.97 Å². The zero-order valence-electron chi connectivity index (χ0n) is 16.1. The lowest BCUT2D eigenvalue weighted by atomic mass is 9.97. The molecule has 5 heteroatoms. The van der Waals surface area contributed by atoms with Crippen LogP contribution in [0.2, 0.25) is 0 Å². The molecule has 0 N–H and O–H groups in total. The van der Waals surface area contributed by atoms with Crippen molar-refractivity contribution in [2.45, 2.75) is 47.6 Å². The minimum absolute atomic E-state index is 0.213. The van der Waals surface area contributed by atoms with Gasteiger partial charge >= 0.3 is 5.97 Å². The summed E-state index contributed by atoms with van der Waals surface area (Å²) in [4.78, 5) is 20.4. The van der Waals surface area contributed by atoms with Crippen LogP contribution >= 0.6 is 0 Å². The fourth-order valence-corrected chi connectivity index (χ4v) is 2.72. The van der Waals surface area contributed by atoms with Crippen LogP contribution in [0.5, 0.6) is 5.75 Å². The molecule has 2 aromatic rings. The Labute approximate surface area is 155 Å². The zero-order chi connectivity index (χ0) is 19.1. The first kappa shape index (κ1) is 19.6. The molecular formula is C21H26N2O3. The first-order chi connectivity index (χ1) is 12.4. The lowest BCUT2D eigenvalue weighted by Crippen LogP contribution is -2.06. The fourth-order valence-electron chi connectivity index (χ4n) is 2.72. The smallest absolute Gasteiger partial charge is 0.310 e. The van der Waals surface area contributed by atoms with Crippen LogP contribution < -0.4 is 4.74 Å². The van der Waals surface area contributed by atoms with Gasteiger partial charge in [-0.1, -0.05) is 12.1 Å². The molecule has 1 heterocycles. The maximum atomic E-state index is 11.8. The molecule has 1 aromatic heterocycles. The summed E-state index contributed by atoms with van der Waals surface area (Å²) in [6.45, 7) is 10.4. The Balaban J connectivity index is 2.09. The van der Waals surface area contributed by atoms with Gasteiger partial charge in [-0.15, -0.1) is 0 Å². The third kappa shape index (κ3) is 5.15. The Bertz CT molecular complexity index is 813. The van der Waals surface area contributed by atoms with Crippen molar-refractivity contribution in [2.24, 2.45) is 0 Å². The predicted molar refractivity (Wildman–Crippen MR) is 102 cm³/mol. The molecule has 0 aliphatic rings. The number of rotatable bonds is 7. The van der Waals surface area contributed by atoms with Crippen molar-refractivity contribution >= 4 is 11.5 Å². The first-order valence-corrected chi connectivity index (χ1v) is 8.78. The molecule has 0 unspecified atom stereocenters. The number of ether oxygens (including phenoxy) is 2. The van der Waals surface area contributed by atoms with Crippen molar-refractivity contribution in [3.05, 3.63) is 58.7 Å². The number of carbonyl (C=O) groups is 1. The molecular weight excluding hydrogens is 328 g/mol. The van der Waals surface area contributed by atoms with Crippen LogP contribution in [0.3, 0.4) is 0 Å². The van der Waals surface area contributed by atoms with E-state index in [-0.39, 0.29) is 12.4 Å². The minimum atomic E-state index is -0.213. The molecule has 2 rings (SSSR count). The van der Waals surface area contributed by atoms with Crippen LogP contribution in [0.25, 0.3) is 5.57 Å². The number of esters is 1. The van der Waals surface area contributed by atoms with Gasteiger partial charge in [0, 0.05) is 17.5 Å². The molecule has 138 valence electrons. The van der Waals surface area contributed by atoms with E-state index in [1.807, 2.05) is 58.9 Å². The SMILES string of the molecule is CC=C(CC(=O)OCC)c1ccc(OCc2cnc(C)nc2C)cc1C. The van der Waals surface area contributed by atoms with Gasteiger partial charge in [0.15, 0.2) is 0 Å². The summed E-state index contributed by atoms with van der Waals surface area (Å²) in [7, 11) is 0. The van der Waals surface area contributed by atoms with Gasteiger partial charge in [0.25, 0.3) is 0 Å². The highest BCUT2D eigenvalue weighted by Gasteiger charge is 2.11. The van der Waals surface area contributed by atoms with Crippen molar-refractivity contribution in [2.75, 3.05) is 6.61 Å². The molecule has 0 atom stereocenters. The molecule has 0 radical (unpaired) electrons. The second-order valence-corrected chi connectivity index (χ2v) is 6.09. The lowest BCUT2D eigenvalue weighted by molar-refractivity contribution is -0.141. The van der Waals surface area contributed by atoms with Gasteiger partial charge in [-0.25, -0.2) is 9.97 Å². The number of aryl methyl sites for hydroxylation is 3. The summed E-state index contributed by atoms with van der Waals surface area (Å²) in [6.07, 6.45) is 4.02. The number of carbonyl (C=O) groups excluding carboxylic acids is 1. The second-order valence-electron chi connectivity index (χ2n) is 6.09. The van der Waals surface area contributed by atoms with E-state index >= 15 is 0 Å². The van der Waals surface area contributed by atoms with E-state index in [4.69, 9.17) is 9.47 Å². The van der Waals surface area contributed by atoms with E-state index in [0.717, 1.165) is 39.5 Å². The average molecular weight is 354 g/mol. The standard InChI is InChI=1S/C21H26N2O3/c1-6-17(11-21(24)25-7-2)20-9-8-19(10-14(20)3)26-13-18-12-22-16(5)23-15(18)4/h6,8-10,12H,7,11,13H2,1-5H3. The third-order valence-corrected chi connectivity index (χ3v) is 4.13. The number of aromatic nitrogens is 2. The number of hydrogen-bond donors (Lipinski definition) is 0. The van der Waals surface area contributed by atoms with Gasteiger partial charge in [0.2, 0.25) is 0 Å². The highest BCUT2D eigenvalue weighted by molar-refractivity contribution is 5.86. The molecule has 0 aliphatic carbocycles. The van der Waals surface area contributed by atoms with Crippen LogP contribution in [0, 0.1) is 20.8 Å². The number of benzene rings is 1. The van der Waals surface area contributed by atoms with Crippen LogP contribution in [0.15, 0.2) is 30.5 Å². The van der Waals surface area contributed by atoms with Gasteiger partial charge in [-0.2, -0.15) is 0 Å². The Morgan fingerprint density at radius 1 is 1.23 bits per heavy atom. The molecule has 5 nitrogen and oxygen atoms in total. The largest absolute Gasteiger partial charge is 0.489 e. The van der Waals surface area contributed by atoms with E-state index in [1.165, 1.54) is 0 Å². The summed E-state index contributed by atoms with van der Waals surface area (Å²) < 4.78 is 10.9. The van der Waals surface area contributed by atoms with Gasteiger partial charge in [-0.3, -0.25) is 4.79 Å². The minimum Gasteiger partial charge on any atom is -0.489 e. The Morgan fingerprint density at radius 3 is 2.62 bits per heavy atom. The van der Waals surface area contributed by atoms with E-state index in [9.17, 15) is 4.79 Å². The van der Waals surface area contributed by atoms with Crippen molar-refractivity contribution in [1.82, 2.24) is 9.97 Å². The van der Waals surface area contributed by atoms with Gasteiger partial charge in [0.05, 0.1) is 13.0 Å². The Kier molecular flexibility index (Phi) is 6.89. The molecule has 0 saturated carbocycles. The summed E-state index contributed by atoms with van der Waals surface area (Å²) in [5.41, 5.74) is 4.93. The monoisotopic (exact) mass is 354 g/mol. The van der Waals surface area contributed by atoms with E-state index in [1.54, 1.807) is 6.20 Å². The zero-order valence-corrected chi connectivity index (χ0v) is 16.1. The van der Waals surface area contributed by atoms with Crippen molar-refractivity contribution in [1.29, 1.82) is 0 Å². The molecule has 0 amide bonds. The topological polar surface area (TPSA) is 61.3 Å². The molecule has 0 bridgehead atoms. The lowest BCUT2D eigenvalue weighted by Gasteiger charge is -2.13. The summed E-state index contributed by atoms with van der Waals surface area (Å²) in [6, 6.07) is 5.88. The van der Waals surface area contributed by atoms with Crippen LogP contribution in [0.4, 0.5) is 0 Å². The highest BCUT2D eigenvalue weighted by Crippen LogP contribution is 2.26. The Morgan fingerprint density at radius 2 is 2.00 bits per heavy atom.